The summed E-state index contributed by atoms with van der Waals surface area (Å²) in [5, 5.41) is 0. The molecule has 0 saturated carbocycles. The molecule has 7 nitrogen and oxygen atoms in total. The van der Waals surface area contributed by atoms with Crippen molar-refractivity contribution in [3.8, 4) is 5.75 Å². The van der Waals surface area contributed by atoms with Crippen LogP contribution in [0.5, 0.6) is 5.75 Å². The van der Waals surface area contributed by atoms with E-state index in [-0.39, 0.29) is 24.9 Å². The van der Waals surface area contributed by atoms with Crippen LogP contribution in [0, 0.1) is 5.92 Å². The fraction of sp³-hybridized carbons (Fsp3) is 0.781. The number of hydrogen-bond acceptors (Lipinski definition) is 5. The average Bonchev–Trinajstić information content (AvgIpc) is 2.91. The van der Waals surface area contributed by atoms with Crippen LogP contribution in [0.15, 0.2) is 24.3 Å². The van der Waals surface area contributed by atoms with Crippen molar-refractivity contribution < 1.29 is 32.9 Å². The molecule has 0 aliphatic heterocycles. The van der Waals surface area contributed by atoms with E-state index in [0.29, 0.717) is 32.3 Å². The number of Topliss-reactive ketones (excluding diaryl/α,β-unsaturated/α-hetero) is 1. The fourth-order valence-electron chi connectivity index (χ4n) is 4.79. The molecule has 0 fully saturated rings. The van der Waals surface area contributed by atoms with E-state index in [2.05, 4.69) is 6.92 Å². The fourth-order valence-corrected chi connectivity index (χ4v) is 5.62. The van der Waals surface area contributed by atoms with Crippen molar-refractivity contribution in [2.45, 2.75) is 117 Å². The normalized spacial score (nSPS) is 13.8. The molecule has 1 aromatic carbocycles. The Labute approximate surface area is 245 Å². The molecule has 0 bridgehead atoms. The molecule has 1 aromatic rings. The summed E-state index contributed by atoms with van der Waals surface area (Å²) in [7, 11) is -0.123. The Morgan fingerprint density at radius 1 is 0.875 bits per heavy atom. The van der Waals surface area contributed by atoms with Crippen LogP contribution < -0.4 is 9.64 Å². The van der Waals surface area contributed by atoms with Crippen molar-refractivity contribution in [3.63, 3.8) is 0 Å². The molecule has 0 aliphatic rings. The summed E-state index contributed by atoms with van der Waals surface area (Å²) in [4.78, 5) is 23.8. The lowest BCUT2D eigenvalue weighted by Gasteiger charge is -2.19. The number of hydrogen-bond donors (Lipinski definition) is 2. The quantitative estimate of drug-likeness (QED) is 0.0859. The lowest BCUT2D eigenvalue weighted by Crippen LogP contribution is -3.05. The standard InChI is InChI=1S/C32H58NO6P/c1-5-7-8-9-10-11-12-13-14-15-16-23-37-32-21-17-20-29(27-32)25-30(26-31(34)19-6-2)28-39-40(35,36)38-24-18-22-33(3)4/h17,20-21,27,30H,5-16,18-19,22-26,28H2,1-4H3,(H,35,36)/p+1. The van der Waals surface area contributed by atoms with Crippen molar-refractivity contribution in [2.75, 3.05) is 40.5 Å². The van der Waals surface area contributed by atoms with Crippen molar-refractivity contribution in [1.29, 1.82) is 0 Å². The molecule has 0 spiro atoms. The van der Waals surface area contributed by atoms with Gasteiger partial charge in [0.25, 0.3) is 0 Å². The Balaban J connectivity index is 2.44. The van der Waals surface area contributed by atoms with Crippen molar-refractivity contribution >= 4 is 13.6 Å². The van der Waals surface area contributed by atoms with E-state index in [9.17, 15) is 14.3 Å². The zero-order valence-electron chi connectivity index (χ0n) is 26.0. The number of phosphoric ester groups is 1. The van der Waals surface area contributed by atoms with Gasteiger partial charge in [0.15, 0.2) is 0 Å². The molecule has 40 heavy (non-hydrogen) atoms. The van der Waals surface area contributed by atoms with E-state index < -0.39 is 7.82 Å². The topological polar surface area (TPSA) is 86.5 Å². The number of quaternary nitrogens is 1. The zero-order chi connectivity index (χ0) is 29.5. The predicted octanol–water partition coefficient (Wildman–Crippen LogP) is 6.96. The molecular weight excluding hydrogens is 525 g/mol. The first kappa shape index (κ1) is 36.8. The second-order valence-corrected chi connectivity index (χ2v) is 13.0. The predicted molar refractivity (Wildman–Crippen MR) is 164 cm³/mol. The number of ether oxygens (including phenoxy) is 1. The van der Waals surface area contributed by atoms with Crippen LogP contribution in [0.3, 0.4) is 0 Å². The molecule has 2 N–H and O–H groups in total. The number of ketones is 1. The highest BCUT2D eigenvalue weighted by Crippen LogP contribution is 2.44. The van der Waals surface area contributed by atoms with Gasteiger partial charge in [0.05, 0.1) is 40.5 Å². The zero-order valence-corrected chi connectivity index (χ0v) is 26.9. The third-order valence-electron chi connectivity index (χ3n) is 7.03. The first-order valence-electron chi connectivity index (χ1n) is 15.9. The van der Waals surface area contributed by atoms with Gasteiger partial charge in [-0.05, 0) is 42.9 Å². The Morgan fingerprint density at radius 3 is 2.15 bits per heavy atom. The first-order valence-corrected chi connectivity index (χ1v) is 17.4. The monoisotopic (exact) mass is 584 g/mol. The van der Waals surface area contributed by atoms with E-state index in [0.717, 1.165) is 30.7 Å². The maximum atomic E-state index is 12.4. The number of rotatable bonds is 27. The van der Waals surface area contributed by atoms with Crippen LogP contribution in [-0.2, 0) is 24.8 Å². The SMILES string of the molecule is CCCCCCCCCCCCCOc1cccc(CC(COP(=O)(O)OCCC[NH+](C)C)CC(=O)CCC)c1. The van der Waals surface area contributed by atoms with Crippen LogP contribution in [0.1, 0.15) is 116 Å². The summed E-state index contributed by atoms with van der Waals surface area (Å²) in [5.41, 5.74) is 1.02. The van der Waals surface area contributed by atoms with Crippen molar-refractivity contribution in [3.05, 3.63) is 29.8 Å². The molecular formula is C32H59NO6P+. The third-order valence-corrected chi connectivity index (χ3v) is 8.02. The van der Waals surface area contributed by atoms with Crippen LogP contribution in [0.2, 0.25) is 0 Å². The van der Waals surface area contributed by atoms with Crippen LogP contribution >= 0.6 is 7.82 Å². The molecule has 2 unspecified atom stereocenters. The largest absolute Gasteiger partial charge is 0.494 e. The maximum Gasteiger partial charge on any atom is 0.472 e. The highest BCUT2D eigenvalue weighted by Gasteiger charge is 2.25. The van der Waals surface area contributed by atoms with Gasteiger partial charge in [0.2, 0.25) is 0 Å². The Morgan fingerprint density at radius 2 is 1.52 bits per heavy atom. The van der Waals surface area contributed by atoms with Gasteiger partial charge in [-0.2, -0.15) is 0 Å². The van der Waals surface area contributed by atoms with Gasteiger partial charge < -0.3 is 14.5 Å². The molecule has 8 heteroatoms. The van der Waals surface area contributed by atoms with Crippen LogP contribution in [-0.4, -0.2) is 51.1 Å². The van der Waals surface area contributed by atoms with Crippen LogP contribution in [0.4, 0.5) is 0 Å². The summed E-state index contributed by atoms with van der Waals surface area (Å²) in [5.74, 6) is 0.752. The number of benzene rings is 1. The Hall–Kier alpha value is -1.24. The molecule has 0 aromatic heterocycles. The van der Waals surface area contributed by atoms with Crippen LogP contribution in [0.25, 0.3) is 0 Å². The summed E-state index contributed by atoms with van der Waals surface area (Å²) >= 11 is 0. The Kier molecular flexibility index (Phi) is 21.5. The number of carbonyl (C=O) groups is 1. The summed E-state index contributed by atoms with van der Waals surface area (Å²) in [6, 6.07) is 7.93. The van der Waals surface area contributed by atoms with Gasteiger partial charge >= 0.3 is 7.82 Å². The number of carbonyl (C=O) groups excluding carboxylic acids is 1. The molecule has 0 amide bonds. The smallest absolute Gasteiger partial charge is 0.472 e. The summed E-state index contributed by atoms with van der Waals surface area (Å²) in [6.07, 6.45) is 17.2. The molecule has 0 heterocycles. The lowest BCUT2D eigenvalue weighted by atomic mass is 9.94. The lowest BCUT2D eigenvalue weighted by molar-refractivity contribution is -0.858. The van der Waals surface area contributed by atoms with E-state index in [1.807, 2.05) is 45.3 Å². The minimum atomic E-state index is -4.16. The molecule has 0 radical (unpaired) electrons. The molecule has 0 aliphatic carbocycles. The number of nitrogens with one attached hydrogen (secondary N) is 1. The Bertz CT molecular complexity index is 818. The minimum Gasteiger partial charge on any atom is -0.494 e. The second-order valence-electron chi connectivity index (χ2n) is 11.5. The van der Waals surface area contributed by atoms with Gasteiger partial charge in [0, 0.05) is 19.3 Å². The maximum absolute atomic E-state index is 12.4. The van der Waals surface area contributed by atoms with E-state index in [1.54, 1.807) is 0 Å². The highest BCUT2D eigenvalue weighted by molar-refractivity contribution is 7.47. The van der Waals surface area contributed by atoms with E-state index >= 15 is 0 Å². The average molecular weight is 585 g/mol. The van der Waals surface area contributed by atoms with Gasteiger partial charge in [0.1, 0.15) is 11.5 Å². The minimum absolute atomic E-state index is 0.00795. The highest BCUT2D eigenvalue weighted by atomic mass is 31.2. The van der Waals surface area contributed by atoms with Crippen molar-refractivity contribution in [2.24, 2.45) is 5.92 Å². The summed E-state index contributed by atoms with van der Waals surface area (Å²) in [6.45, 7) is 5.93. The van der Waals surface area contributed by atoms with Gasteiger partial charge in [-0.25, -0.2) is 4.57 Å². The van der Waals surface area contributed by atoms with E-state index in [1.165, 1.54) is 69.1 Å². The summed E-state index contributed by atoms with van der Waals surface area (Å²) < 4.78 is 28.8. The molecule has 2 atom stereocenters. The molecule has 232 valence electrons. The number of phosphoric acid groups is 1. The molecule has 0 saturated heterocycles. The first-order chi connectivity index (χ1) is 19.3. The second kappa shape index (κ2) is 23.3. The van der Waals surface area contributed by atoms with Gasteiger partial charge in [-0.15, -0.1) is 0 Å². The van der Waals surface area contributed by atoms with Crippen molar-refractivity contribution in [1.82, 2.24) is 0 Å². The van der Waals surface area contributed by atoms with Gasteiger partial charge in [-0.3, -0.25) is 13.8 Å². The van der Waals surface area contributed by atoms with E-state index in [4.69, 9.17) is 13.8 Å². The molecule has 1 rings (SSSR count). The van der Waals surface area contributed by atoms with Gasteiger partial charge in [-0.1, -0.05) is 90.2 Å². The third kappa shape index (κ3) is 20.6. The number of unbranched alkanes of at least 4 members (excludes halogenated alkanes) is 10.